The Kier molecular flexibility index (Phi) is 4.37. The summed E-state index contributed by atoms with van der Waals surface area (Å²) in [6.07, 6.45) is -4.25. The van der Waals surface area contributed by atoms with E-state index < -0.39 is 24.1 Å². The van der Waals surface area contributed by atoms with E-state index in [0.717, 1.165) is 0 Å². The molecule has 3 atom stereocenters. The third kappa shape index (κ3) is 3.25. The third-order valence-electron chi connectivity index (χ3n) is 5.71. The highest BCUT2D eigenvalue weighted by Gasteiger charge is 2.59. The van der Waals surface area contributed by atoms with Gasteiger partial charge >= 0.3 is 6.18 Å². The SMILES string of the molecule is O=c1c2nn(Cc3ccccc3F)c(Cl)c2nnn1[C@@H]1[C@@H]2CN(CC(F)(F)F)C[C@@H]21. The highest BCUT2D eigenvalue weighted by atomic mass is 35.5. The minimum Gasteiger partial charge on any atom is -0.294 e. The van der Waals surface area contributed by atoms with Crippen molar-refractivity contribution < 1.29 is 17.6 Å². The molecule has 0 bridgehead atoms. The summed E-state index contributed by atoms with van der Waals surface area (Å²) in [5, 5.41) is 12.2. The summed E-state index contributed by atoms with van der Waals surface area (Å²) in [7, 11) is 0. The number of rotatable bonds is 4. The molecule has 3 aromatic rings. The maximum atomic E-state index is 13.9. The maximum absolute atomic E-state index is 13.9. The Hall–Kier alpha value is -2.53. The molecule has 2 aliphatic rings. The van der Waals surface area contributed by atoms with Crippen molar-refractivity contribution in [2.45, 2.75) is 18.8 Å². The number of piperidine rings is 1. The van der Waals surface area contributed by atoms with Crippen molar-refractivity contribution in [3.8, 4) is 0 Å². The average Bonchev–Trinajstić information content (AvgIpc) is 3.00. The summed E-state index contributed by atoms with van der Waals surface area (Å²) < 4.78 is 54.1. The van der Waals surface area contributed by atoms with Crippen molar-refractivity contribution >= 4 is 22.6 Å². The lowest BCUT2D eigenvalue weighted by Crippen LogP contribution is -2.36. The normalized spacial score (nSPS) is 23.8. The van der Waals surface area contributed by atoms with Gasteiger partial charge in [-0.25, -0.2) is 13.8 Å². The Bertz CT molecular complexity index is 1180. The summed E-state index contributed by atoms with van der Waals surface area (Å²) in [4.78, 5) is 14.2. The van der Waals surface area contributed by atoms with Gasteiger partial charge in [-0.1, -0.05) is 35.0 Å². The quantitative estimate of drug-likeness (QED) is 0.581. The van der Waals surface area contributed by atoms with Crippen LogP contribution in [-0.4, -0.2) is 55.5 Å². The van der Waals surface area contributed by atoms with E-state index in [4.69, 9.17) is 11.6 Å². The highest BCUT2D eigenvalue weighted by molar-refractivity contribution is 6.33. The van der Waals surface area contributed by atoms with Gasteiger partial charge in [-0.2, -0.15) is 18.3 Å². The predicted octanol–water partition coefficient (Wildman–Crippen LogP) is 2.49. The molecule has 0 spiro atoms. The number of hydrogen-bond donors (Lipinski definition) is 0. The van der Waals surface area contributed by atoms with E-state index in [-0.39, 0.29) is 53.7 Å². The van der Waals surface area contributed by atoms with Crippen molar-refractivity contribution in [3.63, 3.8) is 0 Å². The average molecular weight is 443 g/mol. The molecule has 1 saturated heterocycles. The van der Waals surface area contributed by atoms with Gasteiger partial charge in [0.2, 0.25) is 0 Å². The number of alkyl halides is 3. The Morgan fingerprint density at radius 2 is 1.83 bits per heavy atom. The molecule has 1 aromatic carbocycles. The number of aromatic nitrogens is 5. The summed E-state index contributed by atoms with van der Waals surface area (Å²) in [5.74, 6) is -0.577. The molecule has 5 rings (SSSR count). The molecule has 0 N–H and O–H groups in total. The van der Waals surface area contributed by atoms with E-state index in [1.807, 2.05) is 0 Å². The zero-order valence-corrected chi connectivity index (χ0v) is 16.1. The van der Waals surface area contributed by atoms with Crippen molar-refractivity contribution in [1.82, 2.24) is 29.7 Å². The number of likely N-dealkylation sites (tertiary alicyclic amines) is 1. The lowest BCUT2D eigenvalue weighted by Gasteiger charge is -2.20. The van der Waals surface area contributed by atoms with Crippen molar-refractivity contribution in [2.24, 2.45) is 11.8 Å². The molecule has 7 nitrogen and oxygen atoms in total. The van der Waals surface area contributed by atoms with E-state index in [1.54, 1.807) is 18.2 Å². The first-order valence-corrected chi connectivity index (χ1v) is 9.65. The standard InChI is InChI=1S/C18H15ClF4N6O/c19-16-13-14(25-28(16)5-9-3-1-2-4-12(9)20)17(30)29(26-24-13)15-10-6-27(7-11(10)15)8-18(21,22)23/h1-4,10-11,15H,5-8H2/t10-,11+,15-. The van der Waals surface area contributed by atoms with Gasteiger partial charge in [0, 0.05) is 30.5 Å². The fraction of sp³-hybridized carbons (Fsp3) is 0.444. The monoisotopic (exact) mass is 442 g/mol. The Morgan fingerprint density at radius 3 is 2.50 bits per heavy atom. The molecule has 2 fully saturated rings. The zero-order valence-electron chi connectivity index (χ0n) is 15.4. The van der Waals surface area contributed by atoms with E-state index in [2.05, 4.69) is 15.4 Å². The lowest BCUT2D eigenvalue weighted by molar-refractivity contribution is -0.144. The number of halogens is 5. The molecule has 0 radical (unpaired) electrons. The topological polar surface area (TPSA) is 68.8 Å². The highest BCUT2D eigenvalue weighted by Crippen LogP contribution is 2.54. The van der Waals surface area contributed by atoms with Crippen molar-refractivity contribution in [2.75, 3.05) is 19.6 Å². The van der Waals surface area contributed by atoms with Crippen LogP contribution in [0.4, 0.5) is 17.6 Å². The maximum Gasteiger partial charge on any atom is 0.401 e. The molecule has 1 aliphatic heterocycles. The largest absolute Gasteiger partial charge is 0.401 e. The van der Waals surface area contributed by atoms with Crippen LogP contribution in [0.1, 0.15) is 11.6 Å². The summed E-state index contributed by atoms with van der Waals surface area (Å²) in [5.41, 5.74) is -0.0415. The first kappa shape index (κ1) is 19.4. The van der Waals surface area contributed by atoms with Crippen LogP contribution in [0.2, 0.25) is 5.15 Å². The zero-order chi connectivity index (χ0) is 21.2. The van der Waals surface area contributed by atoms with E-state index in [0.29, 0.717) is 5.56 Å². The molecule has 30 heavy (non-hydrogen) atoms. The van der Waals surface area contributed by atoms with Crippen LogP contribution in [0.15, 0.2) is 29.1 Å². The number of hydrogen-bond acceptors (Lipinski definition) is 5. The van der Waals surface area contributed by atoms with Crippen LogP contribution < -0.4 is 5.56 Å². The fourth-order valence-corrected chi connectivity index (χ4v) is 4.55. The molecule has 0 amide bonds. The molecule has 12 heteroatoms. The number of nitrogens with zero attached hydrogens (tertiary/aromatic N) is 6. The third-order valence-corrected chi connectivity index (χ3v) is 6.08. The van der Waals surface area contributed by atoms with Crippen LogP contribution in [0.3, 0.4) is 0 Å². The summed E-state index contributed by atoms with van der Waals surface area (Å²) >= 11 is 6.27. The molecule has 158 valence electrons. The predicted molar refractivity (Wildman–Crippen MR) is 98.6 cm³/mol. The van der Waals surface area contributed by atoms with E-state index in [9.17, 15) is 22.4 Å². The first-order valence-electron chi connectivity index (χ1n) is 9.27. The Balaban J connectivity index is 1.40. The lowest BCUT2D eigenvalue weighted by atomic mass is 10.2. The second-order valence-corrected chi connectivity index (χ2v) is 8.06. The molecule has 3 heterocycles. The second-order valence-electron chi connectivity index (χ2n) is 7.70. The van der Waals surface area contributed by atoms with Crippen molar-refractivity contribution in [1.29, 1.82) is 0 Å². The van der Waals surface area contributed by atoms with Gasteiger partial charge in [-0.3, -0.25) is 9.69 Å². The molecular weight excluding hydrogens is 428 g/mol. The Morgan fingerprint density at radius 1 is 1.13 bits per heavy atom. The number of benzene rings is 1. The minimum absolute atomic E-state index is 0.00320. The van der Waals surface area contributed by atoms with Crippen LogP contribution in [-0.2, 0) is 6.54 Å². The Labute approximate surface area is 171 Å². The smallest absolute Gasteiger partial charge is 0.294 e. The van der Waals surface area contributed by atoms with Crippen LogP contribution in [0, 0.1) is 17.7 Å². The molecule has 0 unspecified atom stereocenters. The van der Waals surface area contributed by atoms with Gasteiger partial charge < -0.3 is 0 Å². The van der Waals surface area contributed by atoms with Crippen molar-refractivity contribution in [3.05, 3.63) is 51.2 Å². The van der Waals surface area contributed by atoms with Gasteiger partial charge in [-0.15, -0.1) is 5.10 Å². The minimum atomic E-state index is -4.25. The van der Waals surface area contributed by atoms with Gasteiger partial charge in [0.25, 0.3) is 5.56 Å². The van der Waals surface area contributed by atoms with E-state index >= 15 is 0 Å². The van der Waals surface area contributed by atoms with Crippen LogP contribution in [0.5, 0.6) is 0 Å². The van der Waals surface area contributed by atoms with Crippen LogP contribution in [0.25, 0.3) is 11.0 Å². The molecule has 1 aliphatic carbocycles. The second kappa shape index (κ2) is 6.74. The molecule has 2 aromatic heterocycles. The van der Waals surface area contributed by atoms with Crippen LogP contribution >= 0.6 is 11.6 Å². The fourth-order valence-electron chi connectivity index (χ4n) is 4.32. The molecular formula is C18H15ClF4N6O. The molecule has 1 saturated carbocycles. The van der Waals surface area contributed by atoms with Gasteiger partial charge in [-0.05, 0) is 6.07 Å². The van der Waals surface area contributed by atoms with Gasteiger partial charge in [0.05, 0.1) is 19.1 Å². The summed E-state index contributed by atoms with van der Waals surface area (Å²) in [6, 6.07) is 5.84. The summed E-state index contributed by atoms with van der Waals surface area (Å²) in [6.45, 7) is -0.433. The van der Waals surface area contributed by atoms with Gasteiger partial charge in [0.1, 0.15) is 5.82 Å². The number of fused-ring (bicyclic) bond motifs is 2. The first-order chi connectivity index (χ1) is 14.2. The van der Waals surface area contributed by atoms with Gasteiger partial charge in [0.15, 0.2) is 16.2 Å². The van der Waals surface area contributed by atoms with E-state index in [1.165, 1.54) is 20.3 Å².